The van der Waals surface area contributed by atoms with E-state index in [2.05, 4.69) is 28.7 Å². The first-order chi connectivity index (χ1) is 25.2. The van der Waals surface area contributed by atoms with Crippen molar-refractivity contribution in [1.82, 2.24) is 24.7 Å². The van der Waals surface area contributed by atoms with Crippen LogP contribution < -0.4 is 9.61 Å². The Hall–Kier alpha value is -4.18. The second-order valence-electron chi connectivity index (χ2n) is 15.1. The maximum Gasteiger partial charge on any atom is 0.410 e. The van der Waals surface area contributed by atoms with Gasteiger partial charge in [0.25, 0.3) is 5.91 Å². The average Bonchev–Trinajstić information content (AvgIpc) is 3.76. The van der Waals surface area contributed by atoms with Crippen LogP contribution in [0.4, 0.5) is 4.79 Å². The van der Waals surface area contributed by atoms with Crippen molar-refractivity contribution in [3.63, 3.8) is 0 Å². The van der Waals surface area contributed by atoms with E-state index in [-0.39, 0.29) is 41.0 Å². The molecule has 2 aliphatic heterocycles. The van der Waals surface area contributed by atoms with E-state index in [9.17, 15) is 24.6 Å². The summed E-state index contributed by atoms with van der Waals surface area (Å²) in [5, 5.41) is 24.0. The number of aromatic nitrogens is 2. The molecule has 2 fully saturated rings. The van der Waals surface area contributed by atoms with Gasteiger partial charge in [0.05, 0.1) is 35.0 Å². The summed E-state index contributed by atoms with van der Waals surface area (Å²) in [6, 6.07) is 8.35. The van der Waals surface area contributed by atoms with Gasteiger partial charge < -0.3 is 39.2 Å². The topological polar surface area (TPSA) is 158 Å². The van der Waals surface area contributed by atoms with Gasteiger partial charge in [-0.2, -0.15) is 0 Å². The summed E-state index contributed by atoms with van der Waals surface area (Å²) in [6.07, 6.45) is 1.50. The summed E-state index contributed by atoms with van der Waals surface area (Å²) in [5.41, 5.74) is 1.16. The summed E-state index contributed by atoms with van der Waals surface area (Å²) < 4.78 is 18.6. The van der Waals surface area contributed by atoms with Crippen LogP contribution in [0.3, 0.4) is 0 Å². The Balaban J connectivity index is 1.01. The maximum atomic E-state index is 13.3. The second kappa shape index (κ2) is 16.0. The molecule has 2 aromatic carbocycles. The lowest BCUT2D eigenvalue weighted by Crippen LogP contribution is -2.58. The highest BCUT2D eigenvalue weighted by molar-refractivity contribution is 7.16. The number of ether oxygens (including phenoxy) is 3. The van der Waals surface area contributed by atoms with E-state index in [0.29, 0.717) is 72.4 Å². The van der Waals surface area contributed by atoms with Gasteiger partial charge in [-0.05, 0) is 63.8 Å². The Labute approximate surface area is 317 Å². The number of carbonyl (C=O) groups excluding carboxylic acids is 2. The van der Waals surface area contributed by atoms with Gasteiger partial charge in [-0.1, -0.05) is 31.3 Å². The predicted molar refractivity (Wildman–Crippen MR) is 205 cm³/mol. The molecule has 3 N–H and O–H groups in total. The van der Waals surface area contributed by atoms with E-state index in [0.717, 1.165) is 47.8 Å². The molecule has 2 aliphatic rings. The predicted octanol–water partition coefficient (Wildman–Crippen LogP) is 5.95. The number of carbonyl (C=O) groups is 2. The second-order valence-corrected chi connectivity index (χ2v) is 17.0. The minimum Gasteiger partial charge on any atom is -0.507 e. The molecule has 0 bridgehead atoms. The highest BCUT2D eigenvalue weighted by atomic mass is 32.1. The van der Waals surface area contributed by atoms with Gasteiger partial charge in [0.15, 0.2) is 0 Å². The Kier molecular flexibility index (Phi) is 11.7. The number of likely N-dealkylation sites (tertiary alicyclic amines) is 1. The van der Waals surface area contributed by atoms with Crippen LogP contribution >= 0.6 is 22.7 Å². The fourth-order valence-corrected chi connectivity index (χ4v) is 8.38. The summed E-state index contributed by atoms with van der Waals surface area (Å²) in [5.74, 6) is 0.779. The molecule has 0 aliphatic carbocycles. The van der Waals surface area contributed by atoms with Crippen LogP contribution in [0.15, 0.2) is 40.5 Å². The number of nitrogens with zero attached hydrogens (tertiary/aromatic N) is 4. The monoisotopic (exact) mass is 767 g/mol. The first-order valence-corrected chi connectivity index (χ1v) is 19.8. The molecule has 2 aromatic heterocycles. The number of amides is 2. The Morgan fingerprint density at radius 2 is 1.85 bits per heavy atom. The van der Waals surface area contributed by atoms with Crippen LogP contribution in [0.25, 0.3) is 10.2 Å². The van der Waals surface area contributed by atoms with Crippen molar-refractivity contribution in [3.05, 3.63) is 67.2 Å². The summed E-state index contributed by atoms with van der Waals surface area (Å²) in [7, 11) is 0. The van der Waals surface area contributed by atoms with Gasteiger partial charge in [0.1, 0.15) is 40.7 Å². The molecule has 0 saturated carbocycles. The number of phenolic OH excluding ortho intramolecular Hbond substituents is 2. The third kappa shape index (κ3) is 9.50. The van der Waals surface area contributed by atoms with E-state index in [1.165, 1.54) is 22.3 Å². The van der Waals surface area contributed by atoms with Crippen molar-refractivity contribution in [2.24, 2.45) is 0 Å². The largest absolute Gasteiger partial charge is 0.507 e. The molecule has 13 nitrogen and oxygen atoms in total. The zero-order chi connectivity index (χ0) is 37.9. The molecule has 4 aromatic rings. The zero-order valence-electron chi connectivity index (χ0n) is 31.0. The molecule has 6 rings (SSSR count). The molecule has 53 heavy (non-hydrogen) atoms. The van der Waals surface area contributed by atoms with Crippen LogP contribution in [0.5, 0.6) is 17.2 Å². The fourth-order valence-electron chi connectivity index (χ4n) is 6.67. The normalized spacial score (nSPS) is 16.4. The number of H-pyrrole nitrogens is 1. The highest BCUT2D eigenvalue weighted by Crippen LogP contribution is 2.32. The van der Waals surface area contributed by atoms with Crippen LogP contribution in [0, 0.1) is 0 Å². The first kappa shape index (κ1) is 38.5. The van der Waals surface area contributed by atoms with E-state index in [1.54, 1.807) is 45.0 Å². The van der Waals surface area contributed by atoms with Crippen LogP contribution in [-0.4, -0.2) is 111 Å². The van der Waals surface area contributed by atoms with Gasteiger partial charge in [-0.3, -0.25) is 14.5 Å². The van der Waals surface area contributed by atoms with Crippen molar-refractivity contribution in [3.8, 4) is 17.2 Å². The minimum absolute atomic E-state index is 0.00141. The molecule has 2 saturated heterocycles. The van der Waals surface area contributed by atoms with Crippen LogP contribution in [-0.2, 0) is 22.4 Å². The number of benzene rings is 2. The third-order valence-corrected chi connectivity index (χ3v) is 11.7. The molecule has 0 atom stereocenters. The maximum absolute atomic E-state index is 13.3. The number of aromatic amines is 1. The summed E-state index contributed by atoms with van der Waals surface area (Å²) >= 11 is 2.55. The van der Waals surface area contributed by atoms with E-state index in [4.69, 9.17) is 14.2 Å². The lowest BCUT2D eigenvalue weighted by atomic mass is 9.89. The molecular formula is C38H49N5O8S2. The van der Waals surface area contributed by atoms with Gasteiger partial charge in [-0.25, -0.2) is 9.78 Å². The van der Waals surface area contributed by atoms with Gasteiger partial charge in [0.2, 0.25) is 0 Å². The average molecular weight is 768 g/mol. The number of hydrogen-bond donors (Lipinski definition) is 3. The third-order valence-electron chi connectivity index (χ3n) is 9.57. The number of morpholine rings is 1. The zero-order valence-corrected chi connectivity index (χ0v) is 32.6. The van der Waals surface area contributed by atoms with Crippen molar-refractivity contribution < 1.29 is 34.0 Å². The van der Waals surface area contributed by atoms with Crippen LogP contribution in [0.2, 0.25) is 0 Å². The summed E-state index contributed by atoms with van der Waals surface area (Å²) in [4.78, 5) is 51.2. The molecule has 4 heterocycles. The quantitative estimate of drug-likeness (QED) is 0.167. The number of aromatic hydroxyl groups is 2. The number of rotatable bonds is 11. The standard InChI is InChI=1S/C38H49N5O8S2/c1-24(2)33-39-28(22-52-33)34(46)43-17-19-50-38(23-43)11-14-41(15-12-38)16-18-49-27-8-6-26(30(45)20-27)21-42(36(48)51-37(3,4)5)13-10-25-7-9-29(44)31-32(25)53-35(47)40-31/h6-9,20,22,24,44-45H,10-19,21,23H2,1-5H3,(H,40,47). The van der Waals surface area contributed by atoms with Gasteiger partial charge in [-0.15, -0.1) is 11.3 Å². The fraction of sp³-hybridized carbons (Fsp3) is 0.526. The number of piperidine rings is 1. The molecular weight excluding hydrogens is 719 g/mol. The van der Waals surface area contributed by atoms with Crippen LogP contribution in [0.1, 0.15) is 80.0 Å². The smallest absolute Gasteiger partial charge is 0.410 e. The molecule has 0 radical (unpaired) electrons. The Morgan fingerprint density at radius 1 is 1.09 bits per heavy atom. The first-order valence-electron chi connectivity index (χ1n) is 18.1. The minimum atomic E-state index is -0.724. The van der Waals surface area contributed by atoms with Gasteiger partial charge >= 0.3 is 11.0 Å². The van der Waals surface area contributed by atoms with E-state index < -0.39 is 11.7 Å². The van der Waals surface area contributed by atoms with Crippen molar-refractivity contribution in [2.75, 3.05) is 52.5 Å². The molecule has 1 spiro atoms. The number of nitrogens with one attached hydrogen (secondary N) is 1. The summed E-state index contributed by atoms with van der Waals surface area (Å²) in [6.45, 7) is 14.3. The Morgan fingerprint density at radius 3 is 2.55 bits per heavy atom. The molecule has 15 heteroatoms. The number of hydrogen-bond acceptors (Lipinski definition) is 12. The lowest BCUT2D eigenvalue weighted by molar-refractivity contribution is -0.127. The van der Waals surface area contributed by atoms with Crippen molar-refractivity contribution in [2.45, 2.75) is 77.5 Å². The number of phenols is 2. The van der Waals surface area contributed by atoms with Crippen molar-refractivity contribution >= 4 is 44.9 Å². The Bertz CT molecular complexity index is 1970. The molecule has 2 amide bonds. The number of thiazole rings is 2. The van der Waals surface area contributed by atoms with E-state index >= 15 is 0 Å². The highest BCUT2D eigenvalue weighted by Gasteiger charge is 2.41. The van der Waals surface area contributed by atoms with Crippen molar-refractivity contribution in [1.29, 1.82) is 0 Å². The number of fused-ring (bicyclic) bond motifs is 1. The SMILES string of the molecule is CC(C)c1nc(C(=O)N2CCOC3(CCN(CCOc4ccc(CN(CCc5ccc(O)c6[nH]c(=O)sc56)C(=O)OC(C)(C)C)c(O)c4)CC3)C2)cs1. The molecule has 0 unspecified atom stereocenters. The van der Waals surface area contributed by atoms with Gasteiger partial charge in [0, 0.05) is 55.7 Å². The molecule has 286 valence electrons. The lowest BCUT2D eigenvalue weighted by Gasteiger charge is -2.47. The van der Waals surface area contributed by atoms with E-state index in [1.807, 2.05) is 10.3 Å².